The summed E-state index contributed by atoms with van der Waals surface area (Å²) in [5.41, 5.74) is 1.90. The molecule has 0 bridgehead atoms. The minimum absolute atomic E-state index is 0.132. The van der Waals surface area contributed by atoms with Crippen molar-refractivity contribution < 1.29 is 4.92 Å². The number of benzene rings is 1. The van der Waals surface area contributed by atoms with Gasteiger partial charge in [0, 0.05) is 29.0 Å². The van der Waals surface area contributed by atoms with Gasteiger partial charge in [0.1, 0.15) is 0 Å². The number of aryl methyl sites for hydroxylation is 1. The van der Waals surface area contributed by atoms with E-state index in [0.29, 0.717) is 10.3 Å². The van der Waals surface area contributed by atoms with Crippen LogP contribution < -0.4 is 5.32 Å². The first kappa shape index (κ1) is 15.3. The maximum absolute atomic E-state index is 11.0. The minimum atomic E-state index is -0.306. The molecule has 2 atom stereocenters. The Morgan fingerprint density at radius 3 is 2.90 bits per heavy atom. The van der Waals surface area contributed by atoms with Gasteiger partial charge in [-0.1, -0.05) is 12.1 Å². The smallest absolute Gasteiger partial charge is 0.272 e. The number of thioether (sulfide) groups is 1. The van der Waals surface area contributed by atoms with Gasteiger partial charge in [0.05, 0.1) is 4.92 Å². The van der Waals surface area contributed by atoms with E-state index in [1.807, 2.05) is 23.9 Å². The van der Waals surface area contributed by atoms with Crippen molar-refractivity contribution in [2.45, 2.75) is 44.4 Å². The summed E-state index contributed by atoms with van der Waals surface area (Å²) in [6.45, 7) is 7.08. The molecule has 1 aliphatic rings. The predicted octanol–water partition coefficient (Wildman–Crippen LogP) is 3.84. The van der Waals surface area contributed by atoms with Crippen molar-refractivity contribution in [1.82, 2.24) is 5.32 Å². The monoisotopic (exact) mass is 294 g/mol. The van der Waals surface area contributed by atoms with Crippen molar-refractivity contribution in [2.24, 2.45) is 0 Å². The van der Waals surface area contributed by atoms with E-state index in [9.17, 15) is 10.1 Å². The molecule has 1 N–H and O–H groups in total. The molecule has 1 saturated heterocycles. The zero-order valence-corrected chi connectivity index (χ0v) is 13.1. The van der Waals surface area contributed by atoms with Crippen LogP contribution in [0.2, 0.25) is 0 Å². The second kappa shape index (κ2) is 6.14. The Morgan fingerprint density at radius 1 is 1.55 bits per heavy atom. The van der Waals surface area contributed by atoms with Crippen LogP contribution in [0.5, 0.6) is 0 Å². The summed E-state index contributed by atoms with van der Waals surface area (Å²) < 4.78 is 0.310. The van der Waals surface area contributed by atoms with E-state index in [-0.39, 0.29) is 16.7 Å². The third kappa shape index (κ3) is 3.52. The van der Waals surface area contributed by atoms with Crippen LogP contribution in [0.1, 0.15) is 43.9 Å². The Bertz CT molecular complexity index is 499. The van der Waals surface area contributed by atoms with E-state index in [2.05, 4.69) is 19.2 Å². The zero-order valence-electron chi connectivity index (χ0n) is 12.3. The maximum Gasteiger partial charge on any atom is 0.272 e. The van der Waals surface area contributed by atoms with Crippen LogP contribution in [0.3, 0.4) is 0 Å². The summed E-state index contributed by atoms with van der Waals surface area (Å²) in [5, 5.41) is 14.5. The second-order valence-electron chi connectivity index (χ2n) is 5.81. The van der Waals surface area contributed by atoms with Crippen LogP contribution in [-0.2, 0) is 0 Å². The van der Waals surface area contributed by atoms with Crippen LogP contribution in [0.25, 0.3) is 0 Å². The summed E-state index contributed by atoms with van der Waals surface area (Å²) in [4.78, 5) is 10.7. The third-order valence-electron chi connectivity index (χ3n) is 4.01. The predicted molar refractivity (Wildman–Crippen MR) is 84.3 cm³/mol. The Balaban J connectivity index is 2.03. The fraction of sp³-hybridized carbons (Fsp3) is 0.600. The van der Waals surface area contributed by atoms with E-state index >= 15 is 0 Å². The summed E-state index contributed by atoms with van der Waals surface area (Å²) in [6.07, 6.45) is 2.53. The van der Waals surface area contributed by atoms with Gasteiger partial charge in [-0.15, -0.1) is 0 Å². The summed E-state index contributed by atoms with van der Waals surface area (Å²) in [5.74, 6) is 1.24. The molecule has 1 heterocycles. The Hall–Kier alpha value is -1.07. The number of nitro benzene ring substituents is 1. The molecule has 0 aromatic heterocycles. The number of hydrogen-bond donors (Lipinski definition) is 1. The van der Waals surface area contributed by atoms with Gasteiger partial charge >= 0.3 is 0 Å². The standard InChI is InChI=1S/C15H22N2O2S/c1-11-5-6-13(9-14(11)17(18)19)12(2)16-10-15(3)7-4-8-20-15/h5-6,9,12,16H,4,7-8,10H2,1-3H3. The second-order valence-corrected chi connectivity index (χ2v) is 7.49. The summed E-state index contributed by atoms with van der Waals surface area (Å²) >= 11 is 2.02. The SMILES string of the molecule is Cc1ccc(C(C)NCC2(C)CCCS2)cc1[N+](=O)[O-]. The Kier molecular flexibility index (Phi) is 4.70. The number of rotatable bonds is 5. The number of nitro groups is 1. The van der Waals surface area contributed by atoms with E-state index in [1.54, 1.807) is 13.0 Å². The van der Waals surface area contributed by atoms with Gasteiger partial charge in [0.2, 0.25) is 0 Å². The number of hydrogen-bond acceptors (Lipinski definition) is 4. The van der Waals surface area contributed by atoms with Gasteiger partial charge in [-0.3, -0.25) is 10.1 Å². The fourth-order valence-corrected chi connectivity index (χ4v) is 3.81. The average Bonchev–Trinajstić information content (AvgIpc) is 2.84. The molecule has 2 unspecified atom stereocenters. The molecule has 110 valence electrons. The Labute approximate surface area is 124 Å². The molecule has 0 amide bonds. The molecule has 1 fully saturated rings. The first-order chi connectivity index (χ1) is 9.41. The van der Waals surface area contributed by atoms with Gasteiger partial charge < -0.3 is 5.32 Å². The first-order valence-corrected chi connectivity index (χ1v) is 8.02. The van der Waals surface area contributed by atoms with Crippen molar-refractivity contribution in [1.29, 1.82) is 0 Å². The topological polar surface area (TPSA) is 55.2 Å². The molecule has 1 aromatic carbocycles. The lowest BCUT2D eigenvalue weighted by Crippen LogP contribution is -2.34. The molecule has 1 aliphatic heterocycles. The van der Waals surface area contributed by atoms with Crippen molar-refractivity contribution in [3.8, 4) is 0 Å². The van der Waals surface area contributed by atoms with E-state index in [0.717, 1.165) is 12.1 Å². The molecule has 4 nitrogen and oxygen atoms in total. The average molecular weight is 294 g/mol. The number of nitrogens with zero attached hydrogens (tertiary/aromatic N) is 1. The highest BCUT2D eigenvalue weighted by Gasteiger charge is 2.29. The highest BCUT2D eigenvalue weighted by molar-refractivity contribution is 8.00. The van der Waals surface area contributed by atoms with Gasteiger partial charge in [0.15, 0.2) is 0 Å². The Morgan fingerprint density at radius 2 is 2.30 bits per heavy atom. The molecule has 5 heteroatoms. The van der Waals surface area contributed by atoms with Gasteiger partial charge in [-0.05, 0) is 44.9 Å². The minimum Gasteiger partial charge on any atom is -0.309 e. The van der Waals surface area contributed by atoms with Crippen molar-refractivity contribution in [2.75, 3.05) is 12.3 Å². The van der Waals surface area contributed by atoms with Gasteiger partial charge in [-0.2, -0.15) is 11.8 Å². The van der Waals surface area contributed by atoms with E-state index in [4.69, 9.17) is 0 Å². The molecule has 2 rings (SSSR count). The van der Waals surface area contributed by atoms with Crippen molar-refractivity contribution >= 4 is 17.4 Å². The molecule has 0 spiro atoms. The van der Waals surface area contributed by atoms with Crippen LogP contribution in [0, 0.1) is 17.0 Å². The quantitative estimate of drug-likeness (QED) is 0.662. The normalized spacial score (nSPS) is 23.8. The lowest BCUT2D eigenvalue weighted by molar-refractivity contribution is -0.385. The molecule has 0 radical (unpaired) electrons. The highest BCUT2D eigenvalue weighted by Crippen LogP contribution is 2.37. The van der Waals surface area contributed by atoms with Crippen LogP contribution in [0.4, 0.5) is 5.69 Å². The summed E-state index contributed by atoms with van der Waals surface area (Å²) in [6, 6.07) is 5.63. The van der Waals surface area contributed by atoms with E-state index in [1.165, 1.54) is 18.6 Å². The summed E-state index contributed by atoms with van der Waals surface area (Å²) in [7, 11) is 0. The van der Waals surface area contributed by atoms with Crippen molar-refractivity contribution in [3.05, 3.63) is 39.4 Å². The lowest BCUT2D eigenvalue weighted by atomic mass is 10.0. The third-order valence-corrected chi connectivity index (χ3v) is 5.55. The molecule has 0 aliphatic carbocycles. The largest absolute Gasteiger partial charge is 0.309 e. The lowest BCUT2D eigenvalue weighted by Gasteiger charge is -2.26. The molecule has 1 aromatic rings. The first-order valence-electron chi connectivity index (χ1n) is 7.03. The van der Waals surface area contributed by atoms with Crippen LogP contribution in [0.15, 0.2) is 18.2 Å². The van der Waals surface area contributed by atoms with Crippen LogP contribution >= 0.6 is 11.8 Å². The molecular formula is C15H22N2O2S. The van der Waals surface area contributed by atoms with Gasteiger partial charge in [0.25, 0.3) is 5.69 Å². The van der Waals surface area contributed by atoms with Crippen LogP contribution in [-0.4, -0.2) is 22.0 Å². The molecular weight excluding hydrogens is 272 g/mol. The highest BCUT2D eigenvalue weighted by atomic mass is 32.2. The fourth-order valence-electron chi connectivity index (χ4n) is 2.56. The molecule has 20 heavy (non-hydrogen) atoms. The van der Waals surface area contributed by atoms with E-state index < -0.39 is 0 Å². The van der Waals surface area contributed by atoms with Gasteiger partial charge in [-0.25, -0.2) is 0 Å². The molecule has 0 saturated carbocycles. The maximum atomic E-state index is 11.0. The van der Waals surface area contributed by atoms with Crippen molar-refractivity contribution in [3.63, 3.8) is 0 Å². The zero-order chi connectivity index (χ0) is 14.8. The number of nitrogens with one attached hydrogen (secondary N) is 1.